The molecule has 2 amide bonds. The van der Waals surface area contributed by atoms with E-state index >= 15 is 0 Å². The number of amides is 2. The molecular formula is C18H18N2O5. The Labute approximate surface area is 144 Å². The topological polar surface area (TPSA) is 99.9 Å². The van der Waals surface area contributed by atoms with E-state index < -0.39 is 17.9 Å². The Balaban J connectivity index is 1.62. The largest absolute Gasteiger partial charge is 0.480 e. The van der Waals surface area contributed by atoms with Gasteiger partial charge in [0.05, 0.1) is 6.26 Å². The van der Waals surface area contributed by atoms with Gasteiger partial charge in [0.2, 0.25) is 5.91 Å². The Morgan fingerprint density at radius 2 is 1.92 bits per heavy atom. The molecule has 0 saturated heterocycles. The van der Waals surface area contributed by atoms with Gasteiger partial charge in [-0.25, -0.2) is 4.79 Å². The van der Waals surface area contributed by atoms with Crippen LogP contribution in [0, 0.1) is 0 Å². The zero-order chi connectivity index (χ0) is 17.8. The van der Waals surface area contributed by atoms with E-state index in [0.717, 1.165) is 11.1 Å². The molecule has 7 heteroatoms. The molecule has 1 unspecified atom stereocenters. The van der Waals surface area contributed by atoms with Gasteiger partial charge in [-0.3, -0.25) is 9.59 Å². The maximum atomic E-state index is 12.5. The summed E-state index contributed by atoms with van der Waals surface area (Å²) in [6.45, 7) is 0.376. The van der Waals surface area contributed by atoms with E-state index in [9.17, 15) is 19.5 Å². The zero-order valence-electron chi connectivity index (χ0n) is 13.5. The van der Waals surface area contributed by atoms with Gasteiger partial charge in [-0.2, -0.15) is 0 Å². The molecule has 25 heavy (non-hydrogen) atoms. The second-order valence-electron chi connectivity index (χ2n) is 5.83. The van der Waals surface area contributed by atoms with Crippen LogP contribution in [-0.4, -0.2) is 40.4 Å². The number of hydrogen-bond donors (Lipinski definition) is 2. The van der Waals surface area contributed by atoms with Crippen LogP contribution in [0.2, 0.25) is 0 Å². The lowest BCUT2D eigenvalue weighted by atomic mass is 9.93. The van der Waals surface area contributed by atoms with Crippen LogP contribution in [-0.2, 0) is 22.6 Å². The second-order valence-corrected chi connectivity index (χ2v) is 5.83. The zero-order valence-corrected chi connectivity index (χ0v) is 13.5. The van der Waals surface area contributed by atoms with Crippen LogP contribution in [0.5, 0.6) is 0 Å². The molecule has 0 fully saturated rings. The molecule has 2 aromatic rings. The normalized spacial score (nSPS) is 16.2. The maximum Gasteiger partial charge on any atom is 0.326 e. The first-order valence-electron chi connectivity index (χ1n) is 7.97. The van der Waals surface area contributed by atoms with Crippen molar-refractivity contribution in [3.05, 3.63) is 59.5 Å². The average Bonchev–Trinajstić information content (AvgIpc) is 3.15. The summed E-state index contributed by atoms with van der Waals surface area (Å²) in [6, 6.07) is 9.75. The second kappa shape index (κ2) is 7.21. The highest BCUT2D eigenvalue weighted by atomic mass is 16.4. The van der Waals surface area contributed by atoms with E-state index in [-0.39, 0.29) is 37.6 Å². The fraction of sp³-hybridized carbons (Fsp3) is 0.278. The fourth-order valence-electron chi connectivity index (χ4n) is 2.93. The van der Waals surface area contributed by atoms with Gasteiger partial charge in [-0.05, 0) is 23.3 Å². The van der Waals surface area contributed by atoms with Crippen LogP contribution in [0.1, 0.15) is 28.1 Å². The summed E-state index contributed by atoms with van der Waals surface area (Å²) in [5, 5.41) is 12.0. The number of fused-ring (bicyclic) bond motifs is 1. The molecule has 1 aromatic carbocycles. The highest BCUT2D eigenvalue weighted by molar-refractivity contribution is 5.91. The molecule has 0 spiro atoms. The maximum absolute atomic E-state index is 12.5. The van der Waals surface area contributed by atoms with Crippen molar-refractivity contribution in [2.75, 3.05) is 6.54 Å². The predicted molar refractivity (Wildman–Crippen MR) is 87.8 cm³/mol. The van der Waals surface area contributed by atoms with E-state index in [0.29, 0.717) is 0 Å². The minimum Gasteiger partial charge on any atom is -0.480 e. The molecule has 7 nitrogen and oxygen atoms in total. The van der Waals surface area contributed by atoms with Crippen LogP contribution in [0.25, 0.3) is 0 Å². The SMILES string of the molecule is O=C(NCCC(=O)N1Cc2ccccc2CC1C(=O)O)c1ccco1. The summed E-state index contributed by atoms with van der Waals surface area (Å²) < 4.78 is 4.97. The quantitative estimate of drug-likeness (QED) is 0.856. The summed E-state index contributed by atoms with van der Waals surface area (Å²) in [5.74, 6) is -1.57. The number of furan rings is 1. The number of nitrogens with zero attached hydrogens (tertiary/aromatic N) is 1. The molecule has 0 bridgehead atoms. The van der Waals surface area contributed by atoms with Crippen molar-refractivity contribution in [3.8, 4) is 0 Å². The number of nitrogens with one attached hydrogen (secondary N) is 1. The minimum atomic E-state index is -1.03. The molecule has 0 radical (unpaired) electrons. The first-order chi connectivity index (χ1) is 12.1. The molecule has 2 heterocycles. The third-order valence-electron chi connectivity index (χ3n) is 4.22. The lowest BCUT2D eigenvalue weighted by molar-refractivity contribution is -0.151. The Morgan fingerprint density at radius 3 is 2.60 bits per heavy atom. The highest BCUT2D eigenvalue weighted by Crippen LogP contribution is 2.24. The number of aliphatic carboxylic acids is 1. The van der Waals surface area contributed by atoms with Crippen molar-refractivity contribution in [2.45, 2.75) is 25.4 Å². The summed E-state index contributed by atoms with van der Waals surface area (Å²) >= 11 is 0. The molecule has 0 saturated carbocycles. The molecule has 130 valence electrons. The van der Waals surface area contributed by atoms with Crippen molar-refractivity contribution in [3.63, 3.8) is 0 Å². The summed E-state index contributed by atoms with van der Waals surface area (Å²) in [5.41, 5.74) is 1.90. The molecular weight excluding hydrogens is 324 g/mol. The first-order valence-corrected chi connectivity index (χ1v) is 7.97. The summed E-state index contributed by atoms with van der Waals surface area (Å²) in [6.07, 6.45) is 1.71. The van der Waals surface area contributed by atoms with Crippen LogP contribution in [0.15, 0.2) is 47.1 Å². The molecule has 3 rings (SSSR count). The van der Waals surface area contributed by atoms with Crippen molar-refractivity contribution in [1.82, 2.24) is 10.2 Å². The number of hydrogen-bond acceptors (Lipinski definition) is 4. The third kappa shape index (κ3) is 3.71. The molecule has 1 aliphatic rings. The van der Waals surface area contributed by atoms with Gasteiger partial charge in [0, 0.05) is 25.9 Å². The lowest BCUT2D eigenvalue weighted by Gasteiger charge is -2.34. The minimum absolute atomic E-state index is 0.0262. The van der Waals surface area contributed by atoms with E-state index in [1.54, 1.807) is 6.07 Å². The van der Waals surface area contributed by atoms with Crippen LogP contribution >= 0.6 is 0 Å². The van der Waals surface area contributed by atoms with Crippen molar-refractivity contribution < 1.29 is 23.9 Å². The van der Waals surface area contributed by atoms with Gasteiger partial charge in [-0.1, -0.05) is 24.3 Å². The Bertz CT molecular complexity index is 785. The smallest absolute Gasteiger partial charge is 0.326 e. The summed E-state index contributed by atoms with van der Waals surface area (Å²) in [7, 11) is 0. The number of carboxylic acid groups (broad SMARTS) is 1. The number of carboxylic acids is 1. The number of benzene rings is 1. The number of rotatable bonds is 5. The molecule has 1 aliphatic heterocycles. The third-order valence-corrected chi connectivity index (χ3v) is 4.22. The Kier molecular flexibility index (Phi) is 4.83. The van der Waals surface area contributed by atoms with Gasteiger partial charge < -0.3 is 19.7 Å². The number of carbonyl (C=O) groups is 3. The van der Waals surface area contributed by atoms with E-state index in [1.807, 2.05) is 24.3 Å². The van der Waals surface area contributed by atoms with Gasteiger partial charge in [0.25, 0.3) is 5.91 Å². The molecule has 2 N–H and O–H groups in total. The van der Waals surface area contributed by atoms with Crippen LogP contribution in [0.3, 0.4) is 0 Å². The Hall–Kier alpha value is -3.09. The van der Waals surface area contributed by atoms with Crippen molar-refractivity contribution >= 4 is 17.8 Å². The van der Waals surface area contributed by atoms with E-state index in [4.69, 9.17) is 4.42 Å². The molecule has 0 aliphatic carbocycles. The van der Waals surface area contributed by atoms with Gasteiger partial charge >= 0.3 is 5.97 Å². The van der Waals surface area contributed by atoms with Gasteiger partial charge in [0.15, 0.2) is 5.76 Å². The molecule has 1 atom stereocenters. The van der Waals surface area contributed by atoms with E-state index in [2.05, 4.69) is 5.32 Å². The van der Waals surface area contributed by atoms with Crippen LogP contribution in [0.4, 0.5) is 0 Å². The van der Waals surface area contributed by atoms with Gasteiger partial charge in [0.1, 0.15) is 6.04 Å². The predicted octanol–water partition coefficient (Wildman–Crippen LogP) is 1.44. The standard InChI is InChI=1S/C18H18N2O5/c21-16(7-8-19-17(22)15-6-3-9-25-15)20-11-13-5-2-1-4-12(13)10-14(20)18(23)24/h1-6,9,14H,7-8,10-11H2,(H,19,22)(H,23,24). The van der Waals surface area contributed by atoms with Crippen molar-refractivity contribution in [2.24, 2.45) is 0 Å². The average molecular weight is 342 g/mol. The first kappa shape index (κ1) is 16.8. The highest BCUT2D eigenvalue weighted by Gasteiger charge is 2.34. The fourth-order valence-corrected chi connectivity index (χ4v) is 2.93. The summed E-state index contributed by atoms with van der Waals surface area (Å²) in [4.78, 5) is 37.2. The monoisotopic (exact) mass is 342 g/mol. The van der Waals surface area contributed by atoms with E-state index in [1.165, 1.54) is 17.2 Å². The number of carbonyl (C=O) groups excluding carboxylic acids is 2. The van der Waals surface area contributed by atoms with Gasteiger partial charge in [-0.15, -0.1) is 0 Å². The molecule has 1 aromatic heterocycles. The van der Waals surface area contributed by atoms with Crippen LogP contribution < -0.4 is 5.32 Å². The van der Waals surface area contributed by atoms with Crippen molar-refractivity contribution in [1.29, 1.82) is 0 Å². The lowest BCUT2D eigenvalue weighted by Crippen LogP contribution is -2.49. The Morgan fingerprint density at radius 1 is 1.16 bits per heavy atom.